The fourth-order valence-electron chi connectivity index (χ4n) is 2.36. The van der Waals surface area contributed by atoms with Crippen LogP contribution >= 0.6 is 0 Å². The van der Waals surface area contributed by atoms with E-state index < -0.39 is 0 Å². The fourth-order valence-corrected chi connectivity index (χ4v) is 2.36. The van der Waals surface area contributed by atoms with Gasteiger partial charge in [0.25, 0.3) is 0 Å². The highest BCUT2D eigenvalue weighted by atomic mass is 15.4. The summed E-state index contributed by atoms with van der Waals surface area (Å²) in [6, 6.07) is 10.2. The second kappa shape index (κ2) is 4.79. The van der Waals surface area contributed by atoms with Crippen molar-refractivity contribution in [1.82, 2.24) is 10.9 Å². The van der Waals surface area contributed by atoms with Gasteiger partial charge >= 0.3 is 0 Å². The van der Waals surface area contributed by atoms with E-state index in [0.29, 0.717) is 12.1 Å². The van der Waals surface area contributed by atoms with Gasteiger partial charge in [0, 0.05) is 12.1 Å². The molecule has 1 saturated heterocycles. The van der Waals surface area contributed by atoms with Gasteiger partial charge in [-0.3, -0.25) is 10.9 Å². The molecule has 2 unspecified atom stereocenters. The van der Waals surface area contributed by atoms with Gasteiger partial charge in [0.1, 0.15) is 0 Å². The van der Waals surface area contributed by atoms with Crippen molar-refractivity contribution in [2.45, 2.75) is 58.0 Å². The van der Waals surface area contributed by atoms with E-state index in [1.807, 2.05) is 0 Å². The number of rotatable bonds is 2. The predicted molar refractivity (Wildman–Crippen MR) is 73.0 cm³/mol. The van der Waals surface area contributed by atoms with Crippen LogP contribution in [-0.2, 0) is 11.8 Å². The number of nitrogens with one attached hydrogen (secondary N) is 2. The molecule has 0 amide bonds. The van der Waals surface area contributed by atoms with E-state index in [4.69, 9.17) is 0 Å². The molecule has 0 aromatic heterocycles. The number of hydrazine groups is 1. The van der Waals surface area contributed by atoms with Crippen molar-refractivity contribution >= 4 is 0 Å². The zero-order chi connectivity index (χ0) is 12.5. The minimum Gasteiger partial charge on any atom is -0.255 e. The summed E-state index contributed by atoms with van der Waals surface area (Å²) in [7, 11) is 0. The van der Waals surface area contributed by atoms with Crippen LogP contribution in [0.15, 0.2) is 24.3 Å². The Morgan fingerprint density at radius 1 is 1.12 bits per heavy atom. The Balaban J connectivity index is 1.99. The Morgan fingerprint density at radius 2 is 1.76 bits per heavy atom. The Labute approximate surface area is 105 Å². The van der Waals surface area contributed by atoms with Crippen LogP contribution in [0.1, 0.15) is 45.2 Å². The third-order valence-electron chi connectivity index (χ3n) is 3.47. The monoisotopic (exact) mass is 232 g/mol. The van der Waals surface area contributed by atoms with Crippen LogP contribution in [0.25, 0.3) is 0 Å². The maximum absolute atomic E-state index is 3.35. The highest BCUT2D eigenvalue weighted by Crippen LogP contribution is 2.22. The Bertz CT molecular complexity index is 362. The van der Waals surface area contributed by atoms with Crippen molar-refractivity contribution in [3.63, 3.8) is 0 Å². The molecule has 2 rings (SSSR count). The molecule has 0 bridgehead atoms. The first-order valence-corrected chi connectivity index (χ1v) is 6.55. The van der Waals surface area contributed by atoms with Crippen LogP contribution in [0.4, 0.5) is 0 Å². The molecule has 17 heavy (non-hydrogen) atoms. The molecule has 1 fully saturated rings. The lowest BCUT2D eigenvalue weighted by Crippen LogP contribution is -2.33. The summed E-state index contributed by atoms with van der Waals surface area (Å²) >= 11 is 0. The molecule has 2 atom stereocenters. The molecule has 1 aromatic carbocycles. The SMILES string of the molecule is CC1CC(Cc2ccc(C(C)(C)C)cc2)NN1. The maximum Gasteiger partial charge on any atom is 0.0268 e. The lowest BCUT2D eigenvalue weighted by Gasteiger charge is -2.19. The smallest absolute Gasteiger partial charge is 0.0268 e. The van der Waals surface area contributed by atoms with Crippen molar-refractivity contribution in [3.05, 3.63) is 35.4 Å². The van der Waals surface area contributed by atoms with Crippen LogP contribution in [-0.4, -0.2) is 12.1 Å². The molecule has 0 radical (unpaired) electrons. The average molecular weight is 232 g/mol. The molecular formula is C15H24N2. The van der Waals surface area contributed by atoms with Gasteiger partial charge in [-0.15, -0.1) is 0 Å². The third-order valence-corrected chi connectivity index (χ3v) is 3.47. The Hall–Kier alpha value is -0.860. The molecule has 0 saturated carbocycles. The van der Waals surface area contributed by atoms with Crippen LogP contribution in [0.5, 0.6) is 0 Å². The molecule has 0 spiro atoms. The summed E-state index contributed by atoms with van der Waals surface area (Å²) in [6.07, 6.45) is 2.32. The Morgan fingerprint density at radius 3 is 2.24 bits per heavy atom. The van der Waals surface area contributed by atoms with E-state index in [2.05, 4.69) is 62.8 Å². The molecule has 0 aliphatic carbocycles. The number of benzene rings is 1. The fraction of sp³-hybridized carbons (Fsp3) is 0.600. The van der Waals surface area contributed by atoms with Crippen molar-refractivity contribution in [2.75, 3.05) is 0 Å². The highest BCUT2D eigenvalue weighted by molar-refractivity contribution is 5.28. The molecule has 1 aliphatic rings. The highest BCUT2D eigenvalue weighted by Gasteiger charge is 2.20. The second-order valence-electron chi connectivity index (χ2n) is 6.27. The summed E-state index contributed by atoms with van der Waals surface area (Å²) in [4.78, 5) is 0. The molecule has 1 heterocycles. The lowest BCUT2D eigenvalue weighted by molar-refractivity contribution is 0.542. The van der Waals surface area contributed by atoms with Crippen molar-refractivity contribution < 1.29 is 0 Å². The van der Waals surface area contributed by atoms with Crippen LogP contribution < -0.4 is 10.9 Å². The molecule has 2 N–H and O–H groups in total. The van der Waals surface area contributed by atoms with Gasteiger partial charge in [0.15, 0.2) is 0 Å². The average Bonchev–Trinajstić information content (AvgIpc) is 2.63. The minimum absolute atomic E-state index is 0.250. The predicted octanol–water partition coefficient (Wildman–Crippen LogP) is 2.78. The zero-order valence-electron chi connectivity index (χ0n) is 11.4. The lowest BCUT2D eigenvalue weighted by atomic mass is 9.86. The molecular weight excluding hydrogens is 208 g/mol. The summed E-state index contributed by atoms with van der Waals surface area (Å²) in [5.41, 5.74) is 9.71. The van der Waals surface area contributed by atoms with Gasteiger partial charge in [-0.2, -0.15) is 0 Å². The third kappa shape index (κ3) is 3.30. The summed E-state index contributed by atoms with van der Waals surface area (Å²) in [5, 5.41) is 0. The van der Waals surface area contributed by atoms with Gasteiger partial charge in [0.05, 0.1) is 0 Å². The second-order valence-corrected chi connectivity index (χ2v) is 6.27. The summed E-state index contributed by atoms with van der Waals surface area (Å²) in [5.74, 6) is 0. The van der Waals surface area contributed by atoms with Crippen molar-refractivity contribution in [1.29, 1.82) is 0 Å². The van der Waals surface area contributed by atoms with Crippen LogP contribution in [0.3, 0.4) is 0 Å². The van der Waals surface area contributed by atoms with Crippen molar-refractivity contribution in [3.8, 4) is 0 Å². The van der Waals surface area contributed by atoms with E-state index in [9.17, 15) is 0 Å². The Kier molecular flexibility index (Phi) is 3.55. The van der Waals surface area contributed by atoms with Gasteiger partial charge in [-0.1, -0.05) is 45.0 Å². The molecule has 2 heteroatoms. The first-order chi connectivity index (χ1) is 7.95. The number of hydrogen-bond donors (Lipinski definition) is 2. The van der Waals surface area contributed by atoms with E-state index in [0.717, 1.165) is 6.42 Å². The summed E-state index contributed by atoms with van der Waals surface area (Å²) in [6.45, 7) is 8.99. The molecule has 1 aliphatic heterocycles. The van der Waals surface area contributed by atoms with Crippen LogP contribution in [0.2, 0.25) is 0 Å². The maximum atomic E-state index is 3.35. The van der Waals surface area contributed by atoms with Gasteiger partial charge in [-0.05, 0) is 36.3 Å². The zero-order valence-corrected chi connectivity index (χ0v) is 11.4. The first kappa shape index (κ1) is 12.6. The normalized spacial score (nSPS) is 25.2. The minimum atomic E-state index is 0.250. The van der Waals surface area contributed by atoms with Crippen LogP contribution in [0, 0.1) is 0 Å². The summed E-state index contributed by atoms with van der Waals surface area (Å²) < 4.78 is 0. The van der Waals surface area contributed by atoms with Crippen molar-refractivity contribution in [2.24, 2.45) is 0 Å². The molecule has 94 valence electrons. The van der Waals surface area contributed by atoms with Gasteiger partial charge < -0.3 is 0 Å². The topological polar surface area (TPSA) is 24.1 Å². The van der Waals surface area contributed by atoms with E-state index in [1.54, 1.807) is 0 Å². The largest absolute Gasteiger partial charge is 0.255 e. The van der Waals surface area contributed by atoms with E-state index in [1.165, 1.54) is 17.5 Å². The quantitative estimate of drug-likeness (QED) is 0.819. The van der Waals surface area contributed by atoms with E-state index in [-0.39, 0.29) is 5.41 Å². The first-order valence-electron chi connectivity index (χ1n) is 6.55. The van der Waals surface area contributed by atoms with Gasteiger partial charge in [-0.25, -0.2) is 0 Å². The molecule has 2 nitrogen and oxygen atoms in total. The van der Waals surface area contributed by atoms with Gasteiger partial charge in [0.2, 0.25) is 0 Å². The molecule has 1 aromatic rings. The van der Waals surface area contributed by atoms with E-state index >= 15 is 0 Å². The number of hydrogen-bond acceptors (Lipinski definition) is 2. The standard InChI is InChI=1S/C15H24N2/c1-11-9-14(17-16-11)10-12-5-7-13(8-6-12)15(2,3)4/h5-8,11,14,16-17H,9-10H2,1-4H3.